The van der Waals surface area contributed by atoms with Gasteiger partial charge < -0.3 is 0 Å². The SMILES string of the molecule is Cc1ccc(-c2nc3ccccc3n2-c2ccc(-c3cc(-c4cc5ccccc5c5ccccc45)cc(-c4cc5ccccc5c5ccccc45)n3)cc2)cc1. The van der Waals surface area contributed by atoms with E-state index in [1.54, 1.807) is 0 Å². The quantitative estimate of drug-likeness (QED) is 0.166. The monoisotopic (exact) mass is 713 g/mol. The second-order valence-electron chi connectivity index (χ2n) is 14.7. The van der Waals surface area contributed by atoms with Gasteiger partial charge in [0, 0.05) is 22.4 Å². The molecular weight excluding hydrogens is 679 g/mol. The second-order valence-corrected chi connectivity index (χ2v) is 14.7. The first kappa shape index (κ1) is 32.1. The highest BCUT2D eigenvalue weighted by Gasteiger charge is 2.18. The lowest BCUT2D eigenvalue weighted by Gasteiger charge is -2.16. The van der Waals surface area contributed by atoms with Crippen LogP contribution >= 0.6 is 0 Å². The Hall–Kier alpha value is -7.36. The smallest absolute Gasteiger partial charge is 0.145 e. The van der Waals surface area contributed by atoms with Gasteiger partial charge in [0.25, 0.3) is 0 Å². The molecule has 0 atom stereocenters. The summed E-state index contributed by atoms with van der Waals surface area (Å²) < 4.78 is 2.27. The fourth-order valence-electron chi connectivity index (χ4n) is 8.50. The van der Waals surface area contributed by atoms with E-state index in [4.69, 9.17) is 9.97 Å². The van der Waals surface area contributed by atoms with Crippen LogP contribution in [0.15, 0.2) is 194 Å². The van der Waals surface area contributed by atoms with Crippen LogP contribution in [0.4, 0.5) is 0 Å². The van der Waals surface area contributed by atoms with E-state index in [-0.39, 0.29) is 0 Å². The van der Waals surface area contributed by atoms with E-state index < -0.39 is 0 Å². The number of imidazole rings is 1. The molecule has 0 aliphatic rings. The molecule has 0 N–H and O–H groups in total. The van der Waals surface area contributed by atoms with Gasteiger partial charge in [-0.2, -0.15) is 0 Å². The van der Waals surface area contributed by atoms with Gasteiger partial charge in [0.1, 0.15) is 5.82 Å². The maximum Gasteiger partial charge on any atom is 0.145 e. The van der Waals surface area contributed by atoms with E-state index in [2.05, 4.69) is 206 Å². The Morgan fingerprint density at radius 2 is 0.893 bits per heavy atom. The molecule has 11 rings (SSSR count). The summed E-state index contributed by atoms with van der Waals surface area (Å²) in [7, 11) is 0. The number of fused-ring (bicyclic) bond motifs is 7. The van der Waals surface area contributed by atoms with E-state index in [0.29, 0.717) is 0 Å². The van der Waals surface area contributed by atoms with Gasteiger partial charge in [0.05, 0.1) is 22.4 Å². The number of aryl methyl sites for hydroxylation is 1. The van der Waals surface area contributed by atoms with E-state index in [1.807, 2.05) is 0 Å². The molecule has 2 aromatic heterocycles. The molecule has 0 saturated carbocycles. The Kier molecular flexibility index (Phi) is 7.39. The summed E-state index contributed by atoms with van der Waals surface area (Å²) >= 11 is 0. The van der Waals surface area contributed by atoms with Gasteiger partial charge in [0.2, 0.25) is 0 Å². The van der Waals surface area contributed by atoms with Gasteiger partial charge in [0.15, 0.2) is 0 Å². The van der Waals surface area contributed by atoms with Gasteiger partial charge in [-0.25, -0.2) is 9.97 Å². The van der Waals surface area contributed by atoms with Crippen molar-refractivity contribution in [1.29, 1.82) is 0 Å². The van der Waals surface area contributed by atoms with Crippen LogP contribution < -0.4 is 0 Å². The number of pyridine rings is 1. The van der Waals surface area contributed by atoms with Crippen molar-refractivity contribution in [2.45, 2.75) is 6.92 Å². The average molecular weight is 714 g/mol. The molecular formula is C53H35N3. The summed E-state index contributed by atoms with van der Waals surface area (Å²) in [5, 5.41) is 9.82. The molecule has 0 aliphatic carbocycles. The van der Waals surface area contributed by atoms with E-state index >= 15 is 0 Å². The number of para-hydroxylation sites is 2. The molecule has 0 saturated heterocycles. The third-order valence-electron chi connectivity index (χ3n) is 11.2. The van der Waals surface area contributed by atoms with Crippen molar-refractivity contribution < 1.29 is 0 Å². The van der Waals surface area contributed by atoms with E-state index in [9.17, 15) is 0 Å². The molecule has 0 aliphatic heterocycles. The number of hydrogen-bond acceptors (Lipinski definition) is 2. The zero-order chi connectivity index (χ0) is 37.2. The van der Waals surface area contributed by atoms with Crippen LogP contribution in [-0.4, -0.2) is 14.5 Å². The summed E-state index contributed by atoms with van der Waals surface area (Å²) in [5.41, 5.74) is 11.8. The van der Waals surface area contributed by atoms with Crippen LogP contribution in [0.5, 0.6) is 0 Å². The Morgan fingerprint density at radius 1 is 0.375 bits per heavy atom. The second kappa shape index (κ2) is 12.9. The first-order valence-electron chi connectivity index (χ1n) is 19.2. The van der Waals surface area contributed by atoms with Crippen molar-refractivity contribution in [2.24, 2.45) is 0 Å². The van der Waals surface area contributed by atoms with Gasteiger partial charge >= 0.3 is 0 Å². The van der Waals surface area contributed by atoms with Gasteiger partial charge in [-0.1, -0.05) is 151 Å². The predicted octanol–water partition coefficient (Wildman–Crippen LogP) is 14.0. The van der Waals surface area contributed by atoms with Crippen LogP contribution in [0, 0.1) is 6.92 Å². The van der Waals surface area contributed by atoms with Crippen LogP contribution in [-0.2, 0) is 0 Å². The van der Waals surface area contributed by atoms with Crippen molar-refractivity contribution in [3.05, 3.63) is 200 Å². The van der Waals surface area contributed by atoms with Crippen LogP contribution in [0.3, 0.4) is 0 Å². The Labute approximate surface area is 324 Å². The van der Waals surface area contributed by atoms with Crippen molar-refractivity contribution in [3.63, 3.8) is 0 Å². The van der Waals surface area contributed by atoms with Crippen LogP contribution in [0.2, 0.25) is 0 Å². The summed E-state index contributed by atoms with van der Waals surface area (Å²) in [5.74, 6) is 0.924. The zero-order valence-electron chi connectivity index (χ0n) is 30.8. The molecule has 11 aromatic rings. The van der Waals surface area contributed by atoms with Crippen molar-refractivity contribution >= 4 is 54.1 Å². The predicted molar refractivity (Wildman–Crippen MR) is 235 cm³/mol. The minimum atomic E-state index is 0.924. The summed E-state index contributed by atoms with van der Waals surface area (Å²) in [6, 6.07) is 69.8. The molecule has 3 nitrogen and oxygen atoms in total. The molecule has 262 valence electrons. The number of rotatable bonds is 5. The minimum Gasteiger partial charge on any atom is -0.292 e. The van der Waals surface area contributed by atoms with Crippen molar-refractivity contribution in [1.82, 2.24) is 14.5 Å². The normalized spacial score (nSPS) is 11.7. The Morgan fingerprint density at radius 3 is 1.57 bits per heavy atom. The molecule has 3 heteroatoms. The van der Waals surface area contributed by atoms with Gasteiger partial charge in [-0.3, -0.25) is 4.57 Å². The highest BCUT2D eigenvalue weighted by atomic mass is 15.1. The molecule has 0 amide bonds. The lowest BCUT2D eigenvalue weighted by molar-refractivity contribution is 1.10. The molecule has 0 unspecified atom stereocenters. The number of benzene rings is 9. The van der Waals surface area contributed by atoms with Crippen LogP contribution in [0.1, 0.15) is 5.56 Å². The molecule has 0 fully saturated rings. The van der Waals surface area contributed by atoms with Gasteiger partial charge in [-0.15, -0.1) is 0 Å². The maximum atomic E-state index is 5.50. The largest absolute Gasteiger partial charge is 0.292 e. The van der Waals surface area contributed by atoms with Crippen molar-refractivity contribution in [2.75, 3.05) is 0 Å². The molecule has 0 radical (unpaired) electrons. The Bertz CT molecular complexity index is 3160. The first-order valence-corrected chi connectivity index (χ1v) is 19.2. The number of nitrogens with zero attached hydrogens (tertiary/aromatic N) is 3. The maximum absolute atomic E-state index is 5.50. The van der Waals surface area contributed by atoms with Gasteiger partial charge in [-0.05, 0) is 110 Å². The van der Waals surface area contributed by atoms with E-state index in [0.717, 1.165) is 56.2 Å². The topological polar surface area (TPSA) is 30.7 Å². The fourth-order valence-corrected chi connectivity index (χ4v) is 8.50. The molecule has 2 heterocycles. The molecule has 9 aromatic carbocycles. The third-order valence-corrected chi connectivity index (χ3v) is 11.2. The summed E-state index contributed by atoms with van der Waals surface area (Å²) in [6.45, 7) is 2.12. The molecule has 56 heavy (non-hydrogen) atoms. The zero-order valence-corrected chi connectivity index (χ0v) is 30.8. The standard InChI is InChI=1S/C53H35N3/c1-34-22-24-36(25-23-34)53-55-49-20-10-11-21-52(49)56(53)40-28-26-35(27-29-40)50-32-39(47-30-37-12-2-4-14-41(37)43-16-6-8-18-45(43)47)33-51(54-50)48-31-38-13-3-5-15-42(38)44-17-7-9-19-46(44)48/h2-33H,1H3. The third kappa shape index (κ3) is 5.28. The Balaban J connectivity index is 1.14. The lowest BCUT2D eigenvalue weighted by atomic mass is 9.91. The summed E-state index contributed by atoms with van der Waals surface area (Å²) in [4.78, 5) is 10.6. The average Bonchev–Trinajstić information content (AvgIpc) is 3.66. The van der Waals surface area contributed by atoms with Crippen LogP contribution in [0.25, 0.3) is 105 Å². The van der Waals surface area contributed by atoms with Crippen molar-refractivity contribution in [3.8, 4) is 50.7 Å². The van der Waals surface area contributed by atoms with E-state index in [1.165, 1.54) is 54.2 Å². The lowest BCUT2D eigenvalue weighted by Crippen LogP contribution is -1.98. The molecule has 0 spiro atoms. The summed E-state index contributed by atoms with van der Waals surface area (Å²) in [6.07, 6.45) is 0. The minimum absolute atomic E-state index is 0.924. The highest BCUT2D eigenvalue weighted by Crippen LogP contribution is 2.41. The fraction of sp³-hybridized carbons (Fsp3) is 0.0189. The first-order chi connectivity index (χ1) is 27.7. The number of hydrogen-bond donors (Lipinski definition) is 0. The molecule has 0 bridgehead atoms. The number of aromatic nitrogens is 3. The highest BCUT2D eigenvalue weighted by molar-refractivity contribution is 6.15.